The van der Waals surface area contributed by atoms with Gasteiger partial charge in [-0.1, -0.05) is 62.7 Å². The number of ether oxygens (including phenoxy) is 3. The van der Waals surface area contributed by atoms with E-state index in [-0.39, 0.29) is 76.2 Å². The predicted octanol–water partition coefficient (Wildman–Crippen LogP) is 11.1. The minimum atomic E-state index is -0.988. The van der Waals surface area contributed by atoms with Crippen LogP contribution in [-0.2, 0) is 62.2 Å². The van der Waals surface area contributed by atoms with E-state index in [0.29, 0.717) is 59.4 Å². The summed E-state index contributed by atoms with van der Waals surface area (Å²) in [5.41, 5.74) is 5.78. The van der Waals surface area contributed by atoms with Crippen LogP contribution in [0.15, 0.2) is 48.5 Å². The molecule has 4 atom stereocenters. The van der Waals surface area contributed by atoms with Crippen LogP contribution < -0.4 is 40.0 Å². The Bertz CT molecular complexity index is 3230. The Hall–Kier alpha value is -5.26. The monoisotopic (exact) mass is 1730 g/mol. The summed E-state index contributed by atoms with van der Waals surface area (Å²) in [6, 6.07) is 14.9. The Balaban J connectivity index is 0.000000247. The Morgan fingerprint density at radius 3 is 1.36 bits per heavy atom. The molecule has 0 spiro atoms. The van der Waals surface area contributed by atoms with Crippen LogP contribution in [0, 0.1) is 94.6 Å². The Kier molecular flexibility index (Phi) is 34.3. The minimum absolute atomic E-state index is 0. The van der Waals surface area contributed by atoms with E-state index in [1.165, 1.54) is 96.0 Å². The second-order valence-electron chi connectivity index (χ2n) is 34.7. The number of anilines is 1. The molecule has 106 heavy (non-hydrogen) atoms. The van der Waals surface area contributed by atoms with Crippen molar-refractivity contribution in [2.75, 3.05) is 11.6 Å². The number of hydrogen-bond acceptors (Lipinski definition) is 16. The van der Waals surface area contributed by atoms with Gasteiger partial charge in [-0.3, -0.25) is 58.0 Å². The van der Waals surface area contributed by atoms with Crippen molar-refractivity contribution in [1.82, 2.24) is 15.6 Å². The summed E-state index contributed by atoms with van der Waals surface area (Å²) in [5, 5.41) is 44.5. The molecule has 14 aliphatic rings. The lowest BCUT2D eigenvalue weighted by molar-refractivity contribution is -0.162. The number of amides is 3. The fourth-order valence-electron chi connectivity index (χ4n) is 18.4. The van der Waals surface area contributed by atoms with Gasteiger partial charge in [0.2, 0.25) is 17.7 Å². The maximum absolute atomic E-state index is 15.0. The minimum Gasteiger partial charge on any atom is -0.481 e. The highest BCUT2D eigenvalue weighted by molar-refractivity contribution is 14.1. The number of aliphatic hydroxyl groups is 1. The molecule has 12 aliphatic carbocycles. The number of aliphatic carboxylic acids is 3. The second-order valence-corrected chi connectivity index (χ2v) is 35.1. The van der Waals surface area contributed by atoms with E-state index < -0.39 is 82.2 Å². The van der Waals surface area contributed by atoms with Crippen molar-refractivity contribution >= 4 is 95.4 Å². The molecule has 12 bridgehead atoms. The first-order valence-electron chi connectivity index (χ1n) is 38.2. The molecule has 8 N–H and O–H groups in total. The smallest absolute Gasteiger partial charge is 0.328 e. The van der Waals surface area contributed by atoms with Crippen LogP contribution in [0.3, 0.4) is 0 Å². The van der Waals surface area contributed by atoms with Crippen molar-refractivity contribution in [1.29, 1.82) is 0 Å². The summed E-state index contributed by atoms with van der Waals surface area (Å²) >= 11 is 10.6. The normalized spacial score (nSPS) is 29.3. The number of cyclic esters (lactones) is 2. The van der Waals surface area contributed by atoms with E-state index in [2.05, 4.69) is 34.0 Å². The first-order chi connectivity index (χ1) is 49.6. The number of para-hydroxylation sites is 1. The van der Waals surface area contributed by atoms with Gasteiger partial charge in [0.25, 0.3) is 18.6 Å². The fraction of sp³-hybridized carbons (Fsp3) is 0.725. The highest BCUT2D eigenvalue weighted by atomic mass is 128. The van der Waals surface area contributed by atoms with E-state index in [1.807, 2.05) is 42.9 Å². The average molecular weight is 1740 g/mol. The Labute approximate surface area is 656 Å². The molecule has 2 saturated heterocycles. The quantitative estimate of drug-likeness (QED) is 0.0355. The summed E-state index contributed by atoms with van der Waals surface area (Å²) in [6.07, 6.45) is 21.2. The number of esters is 4. The van der Waals surface area contributed by atoms with Gasteiger partial charge in [-0.15, -0.1) is 0 Å². The predicted molar refractivity (Wildman–Crippen MR) is 407 cm³/mol. The van der Waals surface area contributed by atoms with Gasteiger partial charge in [0.15, 0.2) is 0 Å². The Morgan fingerprint density at radius 1 is 0.594 bits per heavy atom. The lowest BCUT2D eigenvalue weighted by Gasteiger charge is -2.54. The van der Waals surface area contributed by atoms with E-state index in [4.69, 9.17) is 47.2 Å². The van der Waals surface area contributed by atoms with Gasteiger partial charge in [0, 0.05) is 49.9 Å². The molecule has 14 fully saturated rings. The zero-order valence-electron chi connectivity index (χ0n) is 64.2. The largest absolute Gasteiger partial charge is 0.481 e. The van der Waals surface area contributed by atoms with Crippen molar-refractivity contribution in [2.45, 2.75) is 272 Å². The number of nitrogens with two attached hydrogens (primary N) is 1. The number of carbonyl (C=O) groups excluding carboxylic acids is 7. The molecule has 3 amide bonds. The molecule has 12 saturated carbocycles. The molecule has 0 radical (unpaired) electrons. The van der Waals surface area contributed by atoms with Gasteiger partial charge in [0.1, 0.15) is 17.0 Å². The highest BCUT2D eigenvalue weighted by Crippen LogP contribution is 2.56. The first kappa shape index (κ1) is 89.6. The third kappa shape index (κ3) is 28.6. The fourth-order valence-corrected chi connectivity index (χ4v) is 18.6. The number of nitrogens with zero attached hydrogens (tertiary/aromatic N) is 2. The third-order valence-electron chi connectivity index (χ3n) is 22.0. The van der Waals surface area contributed by atoms with Gasteiger partial charge in [-0.25, -0.2) is 4.39 Å². The molecular formula is C80H122ClFI2N5O17+. The van der Waals surface area contributed by atoms with Crippen LogP contribution in [0.1, 0.15) is 244 Å². The van der Waals surface area contributed by atoms with Gasteiger partial charge < -0.3 is 51.0 Å². The maximum Gasteiger partial charge on any atom is 0.328 e. The summed E-state index contributed by atoms with van der Waals surface area (Å²) in [4.78, 5) is 112. The number of benzene rings is 2. The molecule has 2 heterocycles. The van der Waals surface area contributed by atoms with Crippen molar-refractivity contribution in [3.63, 3.8) is 0 Å². The van der Waals surface area contributed by atoms with Gasteiger partial charge >= 0.3 is 60.4 Å². The molecule has 2 aromatic carbocycles. The SMILES string of the molecule is CC(C)(C)O.CC(C)(C)OC(=O)CCC(=O)O.CC(CC(=O)NC1C2CC3CC(C2)CC1C3)C(=O)N1CCC(c2ccccc2Cl)N1c1ccccc1F.CC(CC(=O)NC1C2CC3CC(C2)CC1C3)C(=O)O.CC(CC(=O)O)C(=O)OC(C)(C)C.I[IH+].NC1C2CC3CC(C2)CC1C3.O=C1CCC(=O)O1.[2HH]. The molecule has 22 nitrogen and oxygen atoms in total. The highest BCUT2D eigenvalue weighted by Gasteiger charge is 2.51. The molecule has 596 valence electrons. The standard InChI is InChI=1S/C30H35ClFN3O2.C15H23NO3.C10H17N.C9H16O4.C8H14O4.C4H4O3.C4H10O.HI2.H2/c1-18(12-28(36)33-29-21-14-19-13-20(16-21)17-22(29)15-19)30(37)34-11-10-26(23-6-2-3-7-24(23)31)35(34)27-9-5-4-8-25(27)32;1-8(15(18)19)2-13(17)16-14-11-4-9-3-10(6-11)7-12(14)5-9;11-10-8-2-6-1-7(4-8)5-9(10)3-6;1-6(5-7(10)11)8(12)13-9(2,3)4;1-8(2,3)12-7(11)5-4-6(9)10;5-3-1-2-4(6)7-3;1-4(2,3)5;1-2;/h2-9,18-22,26,29H,10-17H2,1H3,(H,33,36);8-12,14H,2-7H2,1H3,(H,16,17)(H,18,19);6-10H,1-5,11H2;6H,5H2,1-4H3,(H,10,11);4-5H2,1-3H3,(H,9,10);1-2H2;5H,1-3H3;1H;1H/q;;;;;;;+1;/i;;;;;;;;1+1. The van der Waals surface area contributed by atoms with Crippen LogP contribution in [-0.4, -0.2) is 126 Å². The van der Waals surface area contributed by atoms with Crippen LogP contribution in [0.25, 0.3) is 0 Å². The van der Waals surface area contributed by atoms with E-state index in [0.717, 1.165) is 52.9 Å². The number of carboxylic acid groups (broad SMARTS) is 3. The van der Waals surface area contributed by atoms with E-state index in [1.54, 1.807) is 118 Å². The molecule has 2 aromatic rings. The zero-order chi connectivity index (χ0) is 78.9. The number of carboxylic acids is 3. The van der Waals surface area contributed by atoms with Crippen molar-refractivity contribution in [3.8, 4) is 0 Å². The Morgan fingerprint density at radius 2 is 0.991 bits per heavy atom. The summed E-state index contributed by atoms with van der Waals surface area (Å²) < 4.78 is 29.0. The second kappa shape index (κ2) is 40.6. The van der Waals surface area contributed by atoms with Crippen LogP contribution in [0.5, 0.6) is 0 Å². The third-order valence-corrected chi connectivity index (χ3v) is 22.4. The number of rotatable bonds is 16. The van der Waals surface area contributed by atoms with Crippen LogP contribution in [0.4, 0.5) is 10.1 Å². The zero-order valence-corrected chi connectivity index (χ0v) is 69.4. The molecule has 16 rings (SSSR count). The topological polar surface area (TPSA) is 336 Å². The van der Waals surface area contributed by atoms with Gasteiger partial charge in [0.05, 0.1) is 61.3 Å². The van der Waals surface area contributed by atoms with Crippen molar-refractivity contribution < 1.29 is 107 Å². The number of hydrogen-bond donors (Lipinski definition) is 7. The molecular weight excluding hydrogens is 1610 g/mol. The molecule has 4 unspecified atom stereocenters. The van der Waals surface area contributed by atoms with Crippen LogP contribution >= 0.6 is 30.2 Å². The average Bonchev–Trinajstić information content (AvgIpc) is 1.53. The molecule has 2 aliphatic heterocycles. The molecule has 26 heteroatoms. The van der Waals surface area contributed by atoms with Crippen molar-refractivity contribution in [3.05, 3.63) is 64.9 Å². The van der Waals surface area contributed by atoms with Crippen molar-refractivity contribution in [2.24, 2.45) is 94.5 Å². The van der Waals surface area contributed by atoms with Gasteiger partial charge in [-0.05, 0) is 260 Å². The summed E-state index contributed by atoms with van der Waals surface area (Å²) in [6.45, 7) is 21.1. The number of halogens is 4. The lowest BCUT2D eigenvalue weighted by atomic mass is 9.54. The summed E-state index contributed by atoms with van der Waals surface area (Å²) in [7, 11) is 0. The van der Waals surface area contributed by atoms with Crippen LogP contribution in [0.2, 0.25) is 5.02 Å². The maximum atomic E-state index is 15.0. The van der Waals surface area contributed by atoms with E-state index >= 15 is 4.39 Å². The number of nitrogens with one attached hydrogen (secondary N) is 2. The summed E-state index contributed by atoms with van der Waals surface area (Å²) in [5.74, 6) is 3.03. The molecule has 0 aromatic heterocycles. The lowest BCUT2D eigenvalue weighted by Crippen LogP contribution is -3.24. The number of hydrazine groups is 1. The number of carbonyl (C=O) groups is 10. The van der Waals surface area contributed by atoms with E-state index in [9.17, 15) is 47.9 Å². The van der Waals surface area contributed by atoms with Gasteiger partial charge in [-0.2, -0.15) is 0 Å². The first-order valence-corrected chi connectivity index (χ1v) is 45.4.